The van der Waals surface area contributed by atoms with E-state index in [2.05, 4.69) is 10.6 Å². The van der Waals surface area contributed by atoms with Crippen LogP contribution in [-0.2, 0) is 27.6 Å². The Hall–Kier alpha value is -3.82. The normalized spacial score (nSPS) is 13.5. The molecular formula is C31H32F6N2O2. The average molecular weight is 579 g/mol. The van der Waals surface area contributed by atoms with Gasteiger partial charge in [-0.25, -0.2) is 0 Å². The van der Waals surface area contributed by atoms with Gasteiger partial charge in [-0.15, -0.1) is 0 Å². The Morgan fingerprint density at radius 2 is 1.10 bits per heavy atom. The number of carbonyl (C=O) groups is 2. The molecule has 0 aliphatic carbocycles. The highest BCUT2D eigenvalue weighted by molar-refractivity contribution is 5.93. The molecule has 3 aromatic rings. The molecule has 2 amide bonds. The predicted molar refractivity (Wildman–Crippen MR) is 147 cm³/mol. The van der Waals surface area contributed by atoms with E-state index in [1.807, 2.05) is 0 Å². The monoisotopic (exact) mass is 578 g/mol. The van der Waals surface area contributed by atoms with Gasteiger partial charge < -0.3 is 10.6 Å². The smallest absolute Gasteiger partial charge is 0.326 e. The zero-order valence-corrected chi connectivity index (χ0v) is 23.6. The van der Waals surface area contributed by atoms with E-state index in [-0.39, 0.29) is 52.3 Å². The van der Waals surface area contributed by atoms with Gasteiger partial charge >= 0.3 is 12.4 Å². The fraction of sp³-hybridized carbons (Fsp3) is 0.355. The Labute approximate surface area is 235 Å². The minimum atomic E-state index is -4.68. The van der Waals surface area contributed by atoms with Crippen LogP contribution in [-0.4, -0.2) is 18.0 Å². The molecule has 0 aromatic heterocycles. The summed E-state index contributed by atoms with van der Waals surface area (Å²) in [4.78, 5) is 24.4. The van der Waals surface area contributed by atoms with Crippen molar-refractivity contribution in [3.05, 3.63) is 93.0 Å². The number of hydrogen-bond donors (Lipinski definition) is 2. The molecule has 4 nitrogen and oxygen atoms in total. The average Bonchev–Trinajstić information content (AvgIpc) is 2.89. The molecule has 1 atom stereocenters. The summed E-state index contributed by atoms with van der Waals surface area (Å²) in [6.07, 6.45) is -9.36. The van der Waals surface area contributed by atoms with Gasteiger partial charge in [-0.2, -0.15) is 26.3 Å². The Balaban J connectivity index is 1.87. The van der Waals surface area contributed by atoms with E-state index in [0.717, 1.165) is 6.92 Å². The topological polar surface area (TPSA) is 58.2 Å². The van der Waals surface area contributed by atoms with Crippen molar-refractivity contribution < 1.29 is 35.9 Å². The molecule has 1 unspecified atom stereocenters. The number of carbonyl (C=O) groups excluding carboxylic acids is 2. The van der Waals surface area contributed by atoms with Crippen LogP contribution in [0.2, 0.25) is 0 Å². The van der Waals surface area contributed by atoms with Crippen molar-refractivity contribution in [1.29, 1.82) is 0 Å². The van der Waals surface area contributed by atoms with Gasteiger partial charge in [0.05, 0.1) is 12.0 Å². The van der Waals surface area contributed by atoms with Crippen molar-refractivity contribution in [2.75, 3.05) is 10.6 Å². The zero-order chi connectivity index (χ0) is 30.9. The van der Waals surface area contributed by atoms with E-state index in [9.17, 15) is 35.9 Å². The van der Waals surface area contributed by atoms with Crippen LogP contribution in [0, 0.1) is 27.7 Å². The maximum absolute atomic E-state index is 14.4. The van der Waals surface area contributed by atoms with Gasteiger partial charge in [-0.1, -0.05) is 31.2 Å². The van der Waals surface area contributed by atoms with Crippen LogP contribution < -0.4 is 10.6 Å². The van der Waals surface area contributed by atoms with Crippen molar-refractivity contribution in [2.45, 2.75) is 72.2 Å². The maximum atomic E-state index is 14.4. The van der Waals surface area contributed by atoms with Crippen molar-refractivity contribution in [2.24, 2.45) is 0 Å². The first kappa shape index (κ1) is 31.7. The predicted octanol–water partition coefficient (Wildman–Crippen LogP) is 8.34. The molecule has 2 N–H and O–H groups in total. The molecule has 0 aliphatic rings. The molecule has 0 radical (unpaired) electrons. The molecule has 0 aliphatic heterocycles. The van der Waals surface area contributed by atoms with E-state index in [0.29, 0.717) is 16.8 Å². The van der Waals surface area contributed by atoms with Crippen LogP contribution in [0.25, 0.3) is 0 Å². The minimum Gasteiger partial charge on any atom is -0.326 e. The third-order valence-electron chi connectivity index (χ3n) is 7.78. The number of alkyl halides is 6. The molecule has 10 heteroatoms. The van der Waals surface area contributed by atoms with E-state index in [1.54, 1.807) is 20.8 Å². The Bertz CT molecular complexity index is 1440. The number of amides is 2. The van der Waals surface area contributed by atoms with Crippen LogP contribution in [0.4, 0.5) is 37.7 Å². The van der Waals surface area contributed by atoms with E-state index in [1.165, 1.54) is 62.4 Å². The first-order chi connectivity index (χ1) is 18.9. The van der Waals surface area contributed by atoms with Gasteiger partial charge in [0, 0.05) is 17.8 Å². The molecule has 3 aromatic carbocycles. The van der Waals surface area contributed by atoms with Gasteiger partial charge in [0.2, 0.25) is 11.8 Å². The summed E-state index contributed by atoms with van der Waals surface area (Å²) in [6, 6.07) is 10.6. The van der Waals surface area contributed by atoms with Gasteiger partial charge in [-0.3, -0.25) is 9.59 Å². The summed E-state index contributed by atoms with van der Waals surface area (Å²) in [5.74, 6) is -0.860. The molecule has 41 heavy (non-hydrogen) atoms. The van der Waals surface area contributed by atoms with Crippen LogP contribution in [0.15, 0.2) is 48.5 Å². The molecular weight excluding hydrogens is 546 g/mol. The molecule has 3 rings (SSSR count). The van der Waals surface area contributed by atoms with Gasteiger partial charge in [0.25, 0.3) is 0 Å². The molecule has 0 bridgehead atoms. The lowest BCUT2D eigenvalue weighted by atomic mass is 9.75. The fourth-order valence-electron chi connectivity index (χ4n) is 4.98. The standard InChI is InChI=1S/C31H32F6N2O2/c1-7-26(40)38-23-12-8-21(9-13-23)29(6,31(35,36)37)22-10-14-24(15-11-22)39-27(41)16-25-18(3)17(2)19(4)28(20(25)5)30(32,33)34/h8-15H,7,16H2,1-6H3,(H,38,40)(H,39,41). The van der Waals surface area contributed by atoms with Gasteiger partial charge in [0.1, 0.15) is 5.41 Å². The summed E-state index contributed by atoms with van der Waals surface area (Å²) >= 11 is 0. The number of rotatable bonds is 7. The fourth-order valence-corrected chi connectivity index (χ4v) is 4.98. The number of benzene rings is 3. The SMILES string of the molecule is CCC(=O)Nc1ccc(C(C)(c2ccc(NC(=O)Cc3c(C)c(C)c(C)c(C(F)(F)F)c3C)cc2)C(F)(F)F)cc1. The molecule has 0 saturated heterocycles. The Morgan fingerprint density at radius 3 is 1.49 bits per heavy atom. The Kier molecular flexibility index (Phi) is 8.96. The number of hydrogen-bond acceptors (Lipinski definition) is 2. The molecule has 0 spiro atoms. The zero-order valence-electron chi connectivity index (χ0n) is 23.6. The lowest BCUT2D eigenvalue weighted by molar-refractivity contribution is -0.173. The molecule has 0 saturated carbocycles. The van der Waals surface area contributed by atoms with Crippen LogP contribution >= 0.6 is 0 Å². The van der Waals surface area contributed by atoms with Gasteiger partial charge in [-0.05, 0) is 97.8 Å². The van der Waals surface area contributed by atoms with E-state index >= 15 is 0 Å². The Morgan fingerprint density at radius 1 is 0.659 bits per heavy atom. The summed E-state index contributed by atoms with van der Waals surface area (Å²) in [5.41, 5.74) is -1.33. The lowest BCUT2D eigenvalue weighted by Gasteiger charge is -2.33. The van der Waals surface area contributed by atoms with Crippen LogP contribution in [0.3, 0.4) is 0 Å². The van der Waals surface area contributed by atoms with E-state index < -0.39 is 29.2 Å². The first-order valence-electron chi connectivity index (χ1n) is 13.0. The quantitative estimate of drug-likeness (QED) is 0.277. The number of halogens is 6. The van der Waals surface area contributed by atoms with Crippen LogP contribution in [0.5, 0.6) is 0 Å². The largest absolute Gasteiger partial charge is 0.416 e. The second-order valence-electron chi connectivity index (χ2n) is 10.3. The van der Waals surface area contributed by atoms with Crippen LogP contribution in [0.1, 0.15) is 64.8 Å². The molecule has 0 fully saturated rings. The maximum Gasteiger partial charge on any atom is 0.416 e. The van der Waals surface area contributed by atoms with Gasteiger partial charge in [0.15, 0.2) is 0 Å². The third-order valence-corrected chi connectivity index (χ3v) is 7.78. The number of nitrogens with one attached hydrogen (secondary N) is 2. The van der Waals surface area contributed by atoms with Crippen molar-refractivity contribution >= 4 is 23.2 Å². The third kappa shape index (κ3) is 6.41. The highest BCUT2D eigenvalue weighted by Crippen LogP contribution is 2.46. The van der Waals surface area contributed by atoms with Crippen molar-refractivity contribution in [1.82, 2.24) is 0 Å². The minimum absolute atomic E-state index is 0.0233. The second kappa shape index (κ2) is 11.6. The summed E-state index contributed by atoms with van der Waals surface area (Å²) in [5, 5.41) is 5.18. The van der Waals surface area contributed by atoms with Crippen molar-refractivity contribution in [3.8, 4) is 0 Å². The van der Waals surface area contributed by atoms with Crippen molar-refractivity contribution in [3.63, 3.8) is 0 Å². The molecule has 220 valence electrons. The highest BCUT2D eigenvalue weighted by atomic mass is 19.4. The molecule has 0 heterocycles. The highest BCUT2D eigenvalue weighted by Gasteiger charge is 2.53. The second-order valence-corrected chi connectivity index (χ2v) is 10.3. The summed E-state index contributed by atoms with van der Waals surface area (Å²) < 4.78 is 84.4. The summed E-state index contributed by atoms with van der Waals surface area (Å²) in [7, 11) is 0. The summed E-state index contributed by atoms with van der Waals surface area (Å²) in [6.45, 7) is 8.68. The van der Waals surface area contributed by atoms with E-state index in [4.69, 9.17) is 0 Å². The first-order valence-corrected chi connectivity index (χ1v) is 13.0. The number of anilines is 2. The lowest BCUT2D eigenvalue weighted by Crippen LogP contribution is -2.40.